The van der Waals surface area contributed by atoms with Gasteiger partial charge in [0.05, 0.1) is 0 Å². The fraction of sp³-hybridized carbons (Fsp3) is 0.889. The van der Waals surface area contributed by atoms with Crippen LogP contribution in [0.15, 0.2) is 0 Å². The maximum Gasteiger partial charge on any atom is 0.119 e. The molecule has 0 fully saturated rings. The lowest BCUT2D eigenvalue weighted by molar-refractivity contribution is -0.107. The molecule has 0 unspecified atom stereocenters. The van der Waals surface area contributed by atoms with Gasteiger partial charge in [0.1, 0.15) is 6.29 Å². The minimum atomic E-state index is 0.210. The van der Waals surface area contributed by atoms with Crippen LogP contribution in [0.2, 0.25) is 0 Å². The third-order valence-electron chi connectivity index (χ3n) is 1.40. The second-order valence-electron chi connectivity index (χ2n) is 3.84. The van der Waals surface area contributed by atoms with Crippen LogP contribution in [0.5, 0.6) is 0 Å². The van der Waals surface area contributed by atoms with Gasteiger partial charge in [-0.3, -0.25) is 0 Å². The SMILES string of the molecule is CC(C)(C)NCCCCC=O. The third kappa shape index (κ3) is 9.63. The van der Waals surface area contributed by atoms with Crippen molar-refractivity contribution >= 4 is 6.29 Å². The molecule has 0 aliphatic heterocycles. The van der Waals surface area contributed by atoms with Crippen LogP contribution in [-0.2, 0) is 4.79 Å². The summed E-state index contributed by atoms with van der Waals surface area (Å²) < 4.78 is 0. The summed E-state index contributed by atoms with van der Waals surface area (Å²) in [5.74, 6) is 0. The summed E-state index contributed by atoms with van der Waals surface area (Å²) in [5, 5.41) is 3.36. The average molecular weight is 157 g/mol. The Hall–Kier alpha value is -0.370. The zero-order chi connectivity index (χ0) is 8.74. The molecule has 0 aromatic carbocycles. The number of unbranched alkanes of at least 4 members (excludes halogenated alkanes) is 2. The van der Waals surface area contributed by atoms with Crippen LogP contribution in [0.3, 0.4) is 0 Å². The molecule has 1 N–H and O–H groups in total. The highest BCUT2D eigenvalue weighted by Gasteiger charge is 2.06. The molecule has 11 heavy (non-hydrogen) atoms. The molecule has 0 spiro atoms. The fourth-order valence-electron chi connectivity index (χ4n) is 0.816. The number of carbonyl (C=O) groups is 1. The molecule has 2 nitrogen and oxygen atoms in total. The normalized spacial score (nSPS) is 11.5. The molecule has 0 aromatic rings. The van der Waals surface area contributed by atoms with Crippen LogP contribution in [-0.4, -0.2) is 18.4 Å². The second kappa shape index (κ2) is 5.30. The Balaban J connectivity index is 3.08. The molecular formula is C9H19NO. The predicted octanol–water partition coefficient (Wildman–Crippen LogP) is 1.74. The van der Waals surface area contributed by atoms with Crippen molar-refractivity contribution < 1.29 is 4.79 Å². The Labute approximate surface area is 69.4 Å². The van der Waals surface area contributed by atoms with Crippen molar-refractivity contribution in [1.29, 1.82) is 0 Å². The van der Waals surface area contributed by atoms with Crippen LogP contribution in [0.25, 0.3) is 0 Å². The first-order valence-corrected chi connectivity index (χ1v) is 4.25. The first kappa shape index (κ1) is 10.6. The largest absolute Gasteiger partial charge is 0.312 e. The fourth-order valence-corrected chi connectivity index (χ4v) is 0.816. The molecule has 0 saturated carbocycles. The van der Waals surface area contributed by atoms with Crippen LogP contribution in [0, 0.1) is 0 Å². The van der Waals surface area contributed by atoms with E-state index in [-0.39, 0.29) is 5.54 Å². The molecule has 0 saturated heterocycles. The Morgan fingerprint density at radius 1 is 1.27 bits per heavy atom. The molecule has 0 amide bonds. The summed E-state index contributed by atoms with van der Waals surface area (Å²) in [7, 11) is 0. The van der Waals surface area contributed by atoms with E-state index in [0.717, 1.165) is 25.7 Å². The molecule has 0 aliphatic rings. The molecule has 0 heterocycles. The number of nitrogens with one attached hydrogen (secondary N) is 1. The van der Waals surface area contributed by atoms with Gasteiger partial charge in [-0.1, -0.05) is 0 Å². The Morgan fingerprint density at radius 3 is 2.36 bits per heavy atom. The molecule has 2 heteroatoms. The molecule has 0 aromatic heterocycles. The average Bonchev–Trinajstić information content (AvgIpc) is 1.85. The minimum Gasteiger partial charge on any atom is -0.312 e. The van der Waals surface area contributed by atoms with Gasteiger partial charge < -0.3 is 10.1 Å². The number of aldehydes is 1. The van der Waals surface area contributed by atoms with Gasteiger partial charge in [-0.25, -0.2) is 0 Å². The van der Waals surface area contributed by atoms with Crippen molar-refractivity contribution in [2.75, 3.05) is 6.54 Å². The highest BCUT2D eigenvalue weighted by Crippen LogP contribution is 1.99. The predicted molar refractivity (Wildman–Crippen MR) is 47.7 cm³/mol. The molecule has 0 bridgehead atoms. The lowest BCUT2D eigenvalue weighted by atomic mass is 10.1. The van der Waals surface area contributed by atoms with Gasteiger partial charge >= 0.3 is 0 Å². The van der Waals surface area contributed by atoms with E-state index >= 15 is 0 Å². The number of hydrogen-bond acceptors (Lipinski definition) is 2. The summed E-state index contributed by atoms with van der Waals surface area (Å²) in [5.41, 5.74) is 0.210. The van der Waals surface area contributed by atoms with Gasteiger partial charge in [0.15, 0.2) is 0 Å². The van der Waals surface area contributed by atoms with Gasteiger partial charge in [-0.05, 0) is 40.2 Å². The molecular weight excluding hydrogens is 138 g/mol. The van der Waals surface area contributed by atoms with Gasteiger partial charge in [-0.2, -0.15) is 0 Å². The maximum atomic E-state index is 9.94. The van der Waals surface area contributed by atoms with Crippen molar-refractivity contribution in [1.82, 2.24) is 5.32 Å². The van der Waals surface area contributed by atoms with Crippen molar-refractivity contribution in [3.63, 3.8) is 0 Å². The topological polar surface area (TPSA) is 29.1 Å². The highest BCUT2D eigenvalue weighted by atomic mass is 16.1. The quantitative estimate of drug-likeness (QED) is 0.486. The van der Waals surface area contributed by atoms with E-state index in [1.165, 1.54) is 0 Å². The first-order valence-electron chi connectivity index (χ1n) is 4.25. The first-order chi connectivity index (χ1) is 5.06. The van der Waals surface area contributed by atoms with E-state index in [1.54, 1.807) is 0 Å². The summed E-state index contributed by atoms with van der Waals surface area (Å²) in [6.45, 7) is 7.45. The second-order valence-corrected chi connectivity index (χ2v) is 3.84. The highest BCUT2D eigenvalue weighted by molar-refractivity contribution is 5.48. The molecule has 0 rings (SSSR count). The lowest BCUT2D eigenvalue weighted by Gasteiger charge is -2.20. The number of hydrogen-bond donors (Lipinski definition) is 1. The van der Waals surface area contributed by atoms with Gasteiger partial charge in [0, 0.05) is 12.0 Å². The molecule has 66 valence electrons. The number of rotatable bonds is 5. The summed E-state index contributed by atoms with van der Waals surface area (Å²) in [4.78, 5) is 9.94. The van der Waals surface area contributed by atoms with Crippen LogP contribution in [0.4, 0.5) is 0 Å². The van der Waals surface area contributed by atoms with Crippen LogP contribution >= 0.6 is 0 Å². The zero-order valence-corrected chi connectivity index (χ0v) is 7.81. The smallest absolute Gasteiger partial charge is 0.119 e. The maximum absolute atomic E-state index is 9.94. The molecule has 0 aliphatic carbocycles. The van der Waals surface area contributed by atoms with Gasteiger partial charge in [0.2, 0.25) is 0 Å². The van der Waals surface area contributed by atoms with Gasteiger partial charge in [-0.15, -0.1) is 0 Å². The summed E-state index contributed by atoms with van der Waals surface area (Å²) >= 11 is 0. The van der Waals surface area contributed by atoms with E-state index in [2.05, 4.69) is 26.1 Å². The van der Waals surface area contributed by atoms with Crippen molar-refractivity contribution in [3.8, 4) is 0 Å². The van der Waals surface area contributed by atoms with Crippen LogP contribution < -0.4 is 5.32 Å². The Kier molecular flexibility index (Phi) is 5.12. The minimum absolute atomic E-state index is 0.210. The van der Waals surface area contributed by atoms with E-state index < -0.39 is 0 Å². The molecule has 0 radical (unpaired) electrons. The van der Waals surface area contributed by atoms with Crippen molar-refractivity contribution in [2.45, 2.75) is 45.6 Å². The summed E-state index contributed by atoms with van der Waals surface area (Å²) in [6.07, 6.45) is 3.78. The Morgan fingerprint density at radius 2 is 1.91 bits per heavy atom. The van der Waals surface area contributed by atoms with E-state index in [4.69, 9.17) is 0 Å². The number of carbonyl (C=O) groups excluding carboxylic acids is 1. The van der Waals surface area contributed by atoms with Crippen molar-refractivity contribution in [3.05, 3.63) is 0 Å². The zero-order valence-electron chi connectivity index (χ0n) is 7.81. The van der Waals surface area contributed by atoms with E-state index in [0.29, 0.717) is 6.42 Å². The van der Waals surface area contributed by atoms with Crippen molar-refractivity contribution in [2.24, 2.45) is 0 Å². The van der Waals surface area contributed by atoms with Gasteiger partial charge in [0.25, 0.3) is 0 Å². The van der Waals surface area contributed by atoms with E-state index in [9.17, 15) is 4.79 Å². The monoisotopic (exact) mass is 157 g/mol. The Bertz CT molecular complexity index is 105. The summed E-state index contributed by atoms with van der Waals surface area (Å²) in [6, 6.07) is 0. The van der Waals surface area contributed by atoms with E-state index in [1.807, 2.05) is 0 Å². The van der Waals surface area contributed by atoms with Crippen LogP contribution in [0.1, 0.15) is 40.0 Å². The standard InChI is InChI=1S/C9H19NO/c1-9(2,3)10-7-5-4-6-8-11/h8,10H,4-7H2,1-3H3. The third-order valence-corrected chi connectivity index (χ3v) is 1.40. The molecule has 0 atom stereocenters. The lowest BCUT2D eigenvalue weighted by Crippen LogP contribution is -2.36.